The van der Waals surface area contributed by atoms with Crippen LogP contribution in [0.5, 0.6) is 5.75 Å². The Morgan fingerprint density at radius 3 is 2.68 bits per heavy atom. The van der Waals surface area contributed by atoms with E-state index in [-0.39, 0.29) is 5.41 Å². The summed E-state index contributed by atoms with van der Waals surface area (Å²) in [6.45, 7) is 0. The lowest BCUT2D eigenvalue weighted by molar-refractivity contribution is 0.391. The van der Waals surface area contributed by atoms with Gasteiger partial charge in [0.15, 0.2) is 0 Å². The molecule has 2 heteroatoms. The molecule has 2 aliphatic carbocycles. The third-order valence-electron chi connectivity index (χ3n) is 5.57. The zero-order chi connectivity index (χ0) is 14.7. The second-order valence-corrected chi connectivity index (χ2v) is 6.71. The zero-order valence-electron chi connectivity index (χ0n) is 12.4. The van der Waals surface area contributed by atoms with Gasteiger partial charge >= 0.3 is 0 Å². The number of fused-ring (bicyclic) bond motifs is 6. The van der Waals surface area contributed by atoms with Crippen LogP contribution in [0, 0.1) is 0 Å². The van der Waals surface area contributed by atoms with Crippen molar-refractivity contribution < 1.29 is 9.52 Å². The van der Waals surface area contributed by atoms with E-state index in [1.807, 2.05) is 18.2 Å². The van der Waals surface area contributed by atoms with Gasteiger partial charge in [-0.25, -0.2) is 0 Å². The molecule has 0 saturated heterocycles. The maximum absolute atomic E-state index is 9.99. The largest absolute Gasteiger partial charge is 0.508 e. The van der Waals surface area contributed by atoms with Crippen LogP contribution in [0.4, 0.5) is 0 Å². The van der Waals surface area contributed by atoms with E-state index in [4.69, 9.17) is 4.42 Å². The number of aromatic hydroxyl groups is 1. The molecule has 110 valence electrons. The fourth-order valence-electron chi connectivity index (χ4n) is 4.61. The molecule has 1 fully saturated rings. The van der Waals surface area contributed by atoms with Crippen LogP contribution in [0.15, 0.2) is 46.9 Å². The van der Waals surface area contributed by atoms with E-state index in [2.05, 4.69) is 24.3 Å². The first kappa shape index (κ1) is 12.3. The molecule has 3 aromatic rings. The molecule has 0 unspecified atom stereocenters. The summed E-state index contributed by atoms with van der Waals surface area (Å²) in [6.07, 6.45) is 5.60. The van der Waals surface area contributed by atoms with E-state index in [1.165, 1.54) is 34.9 Å². The van der Waals surface area contributed by atoms with Gasteiger partial charge in [0.25, 0.3) is 0 Å². The number of phenols is 1. The minimum atomic E-state index is -0.0271. The van der Waals surface area contributed by atoms with Gasteiger partial charge in [-0.3, -0.25) is 0 Å². The van der Waals surface area contributed by atoms with Crippen molar-refractivity contribution in [3.05, 3.63) is 64.9 Å². The number of phenolic OH excluding ortho intramolecular Hbond substituents is 1. The highest BCUT2D eigenvalue weighted by molar-refractivity contribution is 5.84. The van der Waals surface area contributed by atoms with Gasteiger partial charge in [-0.15, -0.1) is 0 Å². The highest BCUT2D eigenvalue weighted by atomic mass is 16.3. The molecule has 0 radical (unpaired) electrons. The van der Waals surface area contributed by atoms with Crippen molar-refractivity contribution in [2.75, 3.05) is 0 Å². The van der Waals surface area contributed by atoms with Crippen LogP contribution in [-0.4, -0.2) is 5.11 Å². The molecule has 1 N–H and O–H groups in total. The molecule has 1 spiro atoms. The van der Waals surface area contributed by atoms with E-state index in [9.17, 15) is 5.11 Å². The van der Waals surface area contributed by atoms with Gasteiger partial charge in [-0.05, 0) is 42.2 Å². The van der Waals surface area contributed by atoms with Crippen molar-refractivity contribution in [2.24, 2.45) is 0 Å². The highest BCUT2D eigenvalue weighted by Crippen LogP contribution is 2.54. The molecule has 2 aromatic carbocycles. The van der Waals surface area contributed by atoms with Gasteiger partial charge in [0.1, 0.15) is 17.1 Å². The first-order valence-corrected chi connectivity index (χ1v) is 8.11. The molecular formula is C20H18O2. The topological polar surface area (TPSA) is 33.4 Å². The lowest BCUT2D eigenvalue weighted by Gasteiger charge is -2.34. The first-order valence-electron chi connectivity index (χ1n) is 8.11. The Morgan fingerprint density at radius 2 is 1.82 bits per heavy atom. The van der Waals surface area contributed by atoms with Crippen molar-refractivity contribution in [1.29, 1.82) is 0 Å². The molecule has 0 bridgehead atoms. The Morgan fingerprint density at radius 1 is 1.00 bits per heavy atom. The molecule has 0 amide bonds. The number of hydrogen-bond acceptors (Lipinski definition) is 2. The van der Waals surface area contributed by atoms with Crippen molar-refractivity contribution >= 4 is 11.0 Å². The van der Waals surface area contributed by atoms with E-state index in [1.54, 1.807) is 0 Å². The van der Waals surface area contributed by atoms with E-state index in [0.29, 0.717) is 5.75 Å². The maximum Gasteiger partial charge on any atom is 0.134 e. The minimum absolute atomic E-state index is 0.0271. The Labute approximate surface area is 129 Å². The van der Waals surface area contributed by atoms with E-state index >= 15 is 0 Å². The van der Waals surface area contributed by atoms with Crippen LogP contribution in [0.2, 0.25) is 0 Å². The van der Waals surface area contributed by atoms with Crippen LogP contribution in [0.25, 0.3) is 11.0 Å². The fourth-order valence-corrected chi connectivity index (χ4v) is 4.61. The maximum atomic E-state index is 9.99. The number of benzene rings is 2. The first-order chi connectivity index (χ1) is 10.8. The molecule has 2 aliphatic rings. The predicted octanol–water partition coefficient (Wildman–Crippen LogP) is 4.90. The summed E-state index contributed by atoms with van der Waals surface area (Å²) in [5.41, 5.74) is 4.96. The molecule has 0 aliphatic heterocycles. The zero-order valence-corrected chi connectivity index (χ0v) is 12.4. The van der Waals surface area contributed by atoms with Gasteiger partial charge < -0.3 is 9.52 Å². The standard InChI is InChI=1S/C20H18O2/c21-14-8-7-13-11-16-15-5-1-2-6-18(15)22-19(16)20(17(13)12-14)9-3-4-10-20/h1-2,5-8,12,21H,3-4,9-11H2. The Bertz CT molecular complexity index is 882. The van der Waals surface area contributed by atoms with Crippen molar-refractivity contribution in [3.63, 3.8) is 0 Å². The van der Waals surface area contributed by atoms with Crippen LogP contribution >= 0.6 is 0 Å². The summed E-state index contributed by atoms with van der Waals surface area (Å²) in [7, 11) is 0. The summed E-state index contributed by atoms with van der Waals surface area (Å²) in [5, 5.41) is 11.2. The predicted molar refractivity (Wildman–Crippen MR) is 86.4 cm³/mol. The Hall–Kier alpha value is -2.22. The van der Waals surface area contributed by atoms with Gasteiger partial charge in [0, 0.05) is 17.4 Å². The molecule has 1 saturated carbocycles. The lowest BCUT2D eigenvalue weighted by Crippen LogP contribution is -2.29. The smallest absolute Gasteiger partial charge is 0.134 e. The third kappa shape index (κ3) is 1.45. The summed E-state index contributed by atoms with van der Waals surface area (Å²) in [6, 6.07) is 14.2. The molecule has 22 heavy (non-hydrogen) atoms. The van der Waals surface area contributed by atoms with E-state index in [0.717, 1.165) is 30.6 Å². The van der Waals surface area contributed by atoms with Gasteiger partial charge in [-0.1, -0.05) is 37.1 Å². The van der Waals surface area contributed by atoms with Crippen molar-refractivity contribution in [1.82, 2.24) is 0 Å². The molecule has 1 heterocycles. The summed E-state index contributed by atoms with van der Waals surface area (Å²) < 4.78 is 6.34. The van der Waals surface area contributed by atoms with Crippen LogP contribution in [-0.2, 0) is 11.8 Å². The number of hydrogen-bond donors (Lipinski definition) is 1. The fraction of sp³-hybridized carbons (Fsp3) is 0.300. The SMILES string of the molecule is Oc1ccc2c(c1)C1(CCCC1)c1oc3ccccc3c1C2. The average molecular weight is 290 g/mol. The minimum Gasteiger partial charge on any atom is -0.508 e. The van der Waals surface area contributed by atoms with Gasteiger partial charge in [0.05, 0.1) is 5.41 Å². The summed E-state index contributed by atoms with van der Waals surface area (Å²) >= 11 is 0. The monoisotopic (exact) mass is 290 g/mol. The van der Waals surface area contributed by atoms with Crippen molar-refractivity contribution in [3.8, 4) is 5.75 Å². The number of furan rings is 1. The lowest BCUT2D eigenvalue weighted by atomic mass is 9.68. The Kier molecular flexibility index (Phi) is 2.33. The summed E-state index contributed by atoms with van der Waals surface area (Å²) in [5.74, 6) is 1.52. The van der Waals surface area contributed by atoms with E-state index < -0.39 is 0 Å². The van der Waals surface area contributed by atoms with Crippen LogP contribution in [0.3, 0.4) is 0 Å². The second-order valence-electron chi connectivity index (χ2n) is 6.71. The average Bonchev–Trinajstić information content (AvgIpc) is 3.15. The highest BCUT2D eigenvalue weighted by Gasteiger charge is 2.46. The molecule has 5 rings (SSSR count). The van der Waals surface area contributed by atoms with Gasteiger partial charge in [-0.2, -0.15) is 0 Å². The van der Waals surface area contributed by atoms with Crippen LogP contribution < -0.4 is 0 Å². The van der Waals surface area contributed by atoms with Crippen LogP contribution in [0.1, 0.15) is 48.1 Å². The third-order valence-corrected chi connectivity index (χ3v) is 5.57. The normalized spacial score (nSPS) is 18.5. The summed E-state index contributed by atoms with van der Waals surface area (Å²) in [4.78, 5) is 0. The Balaban J connectivity index is 1.86. The molecule has 2 nitrogen and oxygen atoms in total. The van der Waals surface area contributed by atoms with Gasteiger partial charge in [0.2, 0.25) is 0 Å². The number of rotatable bonds is 0. The van der Waals surface area contributed by atoms with Crippen molar-refractivity contribution in [2.45, 2.75) is 37.5 Å². The second kappa shape index (κ2) is 4.16. The molecule has 1 aromatic heterocycles. The quantitative estimate of drug-likeness (QED) is 0.638. The molecule has 0 atom stereocenters. The number of para-hydroxylation sites is 1. The molecular weight excluding hydrogens is 272 g/mol.